The maximum atomic E-state index is 11.4. The van der Waals surface area contributed by atoms with Crippen molar-refractivity contribution in [3.05, 3.63) is 24.3 Å². The van der Waals surface area contributed by atoms with Crippen molar-refractivity contribution in [3.8, 4) is 0 Å². The van der Waals surface area contributed by atoms with Gasteiger partial charge in [0.1, 0.15) is 0 Å². The number of para-hydroxylation sites is 1. The molecule has 1 heterocycles. The third kappa shape index (κ3) is 2.58. The smallest absolute Gasteiger partial charge is 0.195 e. The molecule has 0 fully saturated rings. The summed E-state index contributed by atoms with van der Waals surface area (Å²) in [4.78, 5) is 15.8. The molecule has 0 saturated carbocycles. The molecule has 2 aromatic rings. The first-order valence-corrected chi connectivity index (χ1v) is 6.49. The molecule has 0 N–H and O–H groups in total. The van der Waals surface area contributed by atoms with Crippen molar-refractivity contribution in [3.63, 3.8) is 0 Å². The van der Waals surface area contributed by atoms with Crippen LogP contribution in [0.15, 0.2) is 28.6 Å². The molecule has 0 saturated heterocycles. The molecular formula is C11H11NOS2. The normalized spacial score (nSPS) is 10.7. The van der Waals surface area contributed by atoms with E-state index in [4.69, 9.17) is 0 Å². The van der Waals surface area contributed by atoms with Gasteiger partial charge < -0.3 is 0 Å². The van der Waals surface area contributed by atoms with Gasteiger partial charge in [-0.25, -0.2) is 4.98 Å². The van der Waals surface area contributed by atoms with Gasteiger partial charge in [0.2, 0.25) is 0 Å². The minimum absolute atomic E-state index is 0.205. The monoisotopic (exact) mass is 237 g/mol. The van der Waals surface area contributed by atoms with Crippen LogP contribution in [0.25, 0.3) is 10.2 Å². The van der Waals surface area contributed by atoms with Crippen LogP contribution in [-0.2, 0) is 4.79 Å². The Hall–Kier alpha value is -0.870. The minimum Gasteiger partial charge on any atom is -0.287 e. The quantitative estimate of drug-likeness (QED) is 0.762. The van der Waals surface area contributed by atoms with Gasteiger partial charge in [-0.1, -0.05) is 19.1 Å². The molecule has 0 amide bonds. The lowest BCUT2D eigenvalue weighted by molar-refractivity contribution is -0.111. The highest BCUT2D eigenvalue weighted by Crippen LogP contribution is 2.30. The fourth-order valence-electron chi connectivity index (χ4n) is 1.25. The highest BCUT2D eigenvalue weighted by atomic mass is 32.2. The van der Waals surface area contributed by atoms with Gasteiger partial charge in [0.15, 0.2) is 9.45 Å². The molecule has 78 valence electrons. The molecule has 0 aliphatic rings. The number of aromatic nitrogens is 1. The second-order valence-electron chi connectivity index (χ2n) is 3.17. The lowest BCUT2D eigenvalue weighted by atomic mass is 10.3. The summed E-state index contributed by atoms with van der Waals surface area (Å²) in [5.41, 5.74) is 0.981. The number of hydrogen-bond donors (Lipinski definition) is 0. The number of fused-ring (bicyclic) bond motifs is 1. The maximum absolute atomic E-state index is 11.4. The van der Waals surface area contributed by atoms with Crippen molar-refractivity contribution < 1.29 is 4.79 Å². The van der Waals surface area contributed by atoms with E-state index < -0.39 is 0 Å². The summed E-state index contributed by atoms with van der Waals surface area (Å²) in [6.45, 7) is 2.01. The van der Waals surface area contributed by atoms with Gasteiger partial charge in [0, 0.05) is 6.42 Å². The van der Waals surface area contributed by atoms with Crippen LogP contribution in [-0.4, -0.2) is 10.1 Å². The third-order valence-electron chi connectivity index (χ3n) is 1.93. The predicted octanol–water partition coefficient (Wildman–Crippen LogP) is 3.72. The molecule has 15 heavy (non-hydrogen) atoms. The molecule has 1 aromatic heterocycles. The number of thiazole rings is 1. The van der Waals surface area contributed by atoms with E-state index in [0.717, 1.165) is 21.0 Å². The Labute approximate surface area is 96.7 Å². The standard InChI is InChI=1S/C11H11NOS2/c1-2-5-10(13)15-11-12-8-6-3-4-7-9(8)14-11/h3-4,6-7H,2,5H2,1H3. The summed E-state index contributed by atoms with van der Waals surface area (Å²) < 4.78 is 2.00. The van der Waals surface area contributed by atoms with Crippen LogP contribution in [0.5, 0.6) is 0 Å². The van der Waals surface area contributed by atoms with Gasteiger partial charge in [0.05, 0.1) is 10.2 Å². The Morgan fingerprint density at radius 3 is 3.00 bits per heavy atom. The van der Waals surface area contributed by atoms with Crippen molar-refractivity contribution >= 4 is 38.4 Å². The zero-order chi connectivity index (χ0) is 10.7. The van der Waals surface area contributed by atoms with E-state index in [0.29, 0.717) is 6.42 Å². The maximum Gasteiger partial charge on any atom is 0.195 e. The number of carbonyl (C=O) groups is 1. The molecule has 1 aromatic carbocycles. The van der Waals surface area contributed by atoms with Gasteiger partial charge in [-0.2, -0.15) is 0 Å². The highest BCUT2D eigenvalue weighted by molar-refractivity contribution is 8.15. The van der Waals surface area contributed by atoms with Crippen molar-refractivity contribution in [1.82, 2.24) is 4.98 Å². The van der Waals surface area contributed by atoms with Crippen LogP contribution in [0.2, 0.25) is 0 Å². The van der Waals surface area contributed by atoms with Gasteiger partial charge in [0.25, 0.3) is 0 Å². The Kier molecular flexibility index (Phi) is 3.38. The predicted molar refractivity (Wildman–Crippen MR) is 65.4 cm³/mol. The molecule has 0 unspecified atom stereocenters. The van der Waals surface area contributed by atoms with Crippen molar-refractivity contribution in [2.75, 3.05) is 0 Å². The Balaban J connectivity index is 2.18. The average Bonchev–Trinajstić information content (AvgIpc) is 2.59. The molecule has 0 radical (unpaired) electrons. The van der Waals surface area contributed by atoms with E-state index >= 15 is 0 Å². The Morgan fingerprint density at radius 1 is 1.47 bits per heavy atom. The van der Waals surface area contributed by atoms with Gasteiger partial charge in [-0.15, -0.1) is 11.3 Å². The average molecular weight is 237 g/mol. The fraction of sp³-hybridized carbons (Fsp3) is 0.273. The first-order valence-electron chi connectivity index (χ1n) is 4.86. The number of nitrogens with zero attached hydrogens (tertiary/aromatic N) is 1. The first kappa shape index (κ1) is 10.6. The molecular weight excluding hydrogens is 226 g/mol. The molecule has 0 atom stereocenters. The number of rotatable bonds is 3. The molecule has 2 rings (SSSR count). The van der Waals surface area contributed by atoms with Crippen LogP contribution in [0.4, 0.5) is 0 Å². The molecule has 0 spiro atoms. The SMILES string of the molecule is CCCC(=O)Sc1nc2ccccc2s1. The van der Waals surface area contributed by atoms with Gasteiger partial charge in [-0.05, 0) is 30.3 Å². The van der Waals surface area contributed by atoms with E-state index in [2.05, 4.69) is 4.98 Å². The second-order valence-corrected chi connectivity index (χ2v) is 5.51. The molecule has 2 nitrogen and oxygen atoms in total. The number of carbonyl (C=O) groups excluding carboxylic acids is 1. The highest BCUT2D eigenvalue weighted by Gasteiger charge is 2.08. The van der Waals surface area contributed by atoms with E-state index in [1.807, 2.05) is 31.2 Å². The number of thioether (sulfide) groups is 1. The zero-order valence-corrected chi connectivity index (χ0v) is 10.0. The minimum atomic E-state index is 0.205. The van der Waals surface area contributed by atoms with Crippen LogP contribution >= 0.6 is 23.1 Å². The second kappa shape index (κ2) is 4.77. The van der Waals surface area contributed by atoms with E-state index in [1.165, 1.54) is 11.8 Å². The van der Waals surface area contributed by atoms with Crippen LogP contribution < -0.4 is 0 Å². The third-order valence-corrected chi connectivity index (χ3v) is 3.96. The summed E-state index contributed by atoms with van der Waals surface area (Å²) >= 11 is 2.84. The van der Waals surface area contributed by atoms with E-state index in [9.17, 15) is 4.79 Å². The van der Waals surface area contributed by atoms with Crippen molar-refractivity contribution in [2.45, 2.75) is 24.1 Å². The van der Waals surface area contributed by atoms with Crippen LogP contribution in [0.3, 0.4) is 0 Å². The largest absolute Gasteiger partial charge is 0.287 e. The summed E-state index contributed by atoms with van der Waals surface area (Å²) in [6, 6.07) is 7.95. The summed E-state index contributed by atoms with van der Waals surface area (Å²) in [5.74, 6) is 0. The van der Waals surface area contributed by atoms with Crippen LogP contribution in [0, 0.1) is 0 Å². The van der Waals surface area contributed by atoms with Gasteiger partial charge >= 0.3 is 0 Å². The van der Waals surface area contributed by atoms with Crippen LogP contribution in [0.1, 0.15) is 19.8 Å². The summed E-state index contributed by atoms with van der Waals surface area (Å²) in [7, 11) is 0. The first-order chi connectivity index (χ1) is 7.29. The molecule has 0 bridgehead atoms. The van der Waals surface area contributed by atoms with E-state index in [-0.39, 0.29) is 5.12 Å². The van der Waals surface area contributed by atoms with E-state index in [1.54, 1.807) is 11.3 Å². The summed E-state index contributed by atoms with van der Waals surface area (Å²) in [6.07, 6.45) is 1.53. The number of hydrogen-bond acceptors (Lipinski definition) is 4. The lowest BCUT2D eigenvalue weighted by Crippen LogP contribution is -1.88. The lowest BCUT2D eigenvalue weighted by Gasteiger charge is -1.92. The summed E-state index contributed by atoms with van der Waals surface area (Å²) in [5, 5.41) is 0.205. The van der Waals surface area contributed by atoms with Gasteiger partial charge in [-0.3, -0.25) is 4.79 Å². The zero-order valence-electron chi connectivity index (χ0n) is 8.40. The van der Waals surface area contributed by atoms with Crippen molar-refractivity contribution in [1.29, 1.82) is 0 Å². The number of benzene rings is 1. The Bertz CT molecular complexity index is 445. The molecule has 0 aliphatic carbocycles. The fourth-order valence-corrected chi connectivity index (χ4v) is 3.30. The molecule has 0 aliphatic heterocycles. The van der Waals surface area contributed by atoms with Crippen molar-refractivity contribution in [2.24, 2.45) is 0 Å². The topological polar surface area (TPSA) is 30.0 Å². The Morgan fingerprint density at radius 2 is 2.27 bits per heavy atom. The molecule has 4 heteroatoms.